The summed E-state index contributed by atoms with van der Waals surface area (Å²) in [6.45, 7) is 0.148. The highest BCUT2D eigenvalue weighted by molar-refractivity contribution is 6.30. The van der Waals surface area contributed by atoms with Gasteiger partial charge in [-0.1, -0.05) is 35.9 Å². The van der Waals surface area contributed by atoms with Crippen LogP contribution in [0.1, 0.15) is 43.9 Å². The normalized spacial score (nSPS) is 12.5. The van der Waals surface area contributed by atoms with Gasteiger partial charge in [-0.25, -0.2) is 0 Å². The van der Waals surface area contributed by atoms with Gasteiger partial charge in [-0.15, -0.1) is 0 Å². The van der Waals surface area contributed by atoms with E-state index < -0.39 is 0 Å². The molecule has 1 aliphatic heterocycles. The molecular weight excluding hydrogens is 442 g/mol. The van der Waals surface area contributed by atoms with E-state index >= 15 is 0 Å². The molecule has 0 bridgehead atoms. The second-order valence-electron chi connectivity index (χ2n) is 7.47. The molecule has 4 rings (SSSR count). The number of anilines is 2. The number of amides is 4. The Balaban J connectivity index is 1.33. The fourth-order valence-corrected chi connectivity index (χ4v) is 3.68. The smallest absolute Gasteiger partial charge is 0.261 e. The number of carbonyl (C=O) groups excluding carboxylic acids is 4. The number of imide groups is 1. The summed E-state index contributed by atoms with van der Waals surface area (Å²) in [5.74, 6) is -1.31. The predicted molar refractivity (Wildman–Crippen MR) is 126 cm³/mol. The van der Waals surface area contributed by atoms with Crippen LogP contribution in [-0.2, 0) is 4.79 Å². The fourth-order valence-electron chi connectivity index (χ4n) is 3.55. The lowest BCUT2D eigenvalue weighted by molar-refractivity contribution is -0.116. The van der Waals surface area contributed by atoms with Crippen molar-refractivity contribution in [1.29, 1.82) is 0 Å². The summed E-state index contributed by atoms with van der Waals surface area (Å²) in [6, 6.07) is 20.0. The first-order valence-corrected chi connectivity index (χ1v) is 10.7. The van der Waals surface area contributed by atoms with Crippen LogP contribution in [0.4, 0.5) is 11.4 Å². The molecule has 0 aliphatic carbocycles. The molecule has 0 aromatic heterocycles. The Morgan fingerprint density at radius 3 is 1.91 bits per heavy atom. The molecule has 8 heteroatoms. The SMILES string of the molecule is O=C(CCCN1C(=O)c2ccccc2C1=O)Nc1ccccc1NC(=O)c1ccc(Cl)cc1. The third-order valence-corrected chi connectivity index (χ3v) is 5.47. The zero-order valence-electron chi connectivity index (χ0n) is 17.5. The number of carbonyl (C=O) groups is 4. The number of hydrogen-bond acceptors (Lipinski definition) is 4. The molecule has 2 N–H and O–H groups in total. The van der Waals surface area contributed by atoms with Crippen molar-refractivity contribution >= 4 is 46.6 Å². The molecular formula is C25H20ClN3O4. The average molecular weight is 462 g/mol. The Morgan fingerprint density at radius 2 is 1.30 bits per heavy atom. The Kier molecular flexibility index (Phi) is 6.51. The Hall–Kier alpha value is -3.97. The van der Waals surface area contributed by atoms with Crippen molar-refractivity contribution in [3.63, 3.8) is 0 Å². The third-order valence-electron chi connectivity index (χ3n) is 5.22. The number of nitrogens with one attached hydrogen (secondary N) is 2. The molecule has 1 heterocycles. The van der Waals surface area contributed by atoms with Crippen LogP contribution >= 0.6 is 11.6 Å². The maximum Gasteiger partial charge on any atom is 0.261 e. The largest absolute Gasteiger partial charge is 0.324 e. The van der Waals surface area contributed by atoms with E-state index in [0.29, 0.717) is 39.5 Å². The van der Waals surface area contributed by atoms with Crippen LogP contribution in [0, 0.1) is 0 Å². The molecule has 166 valence electrons. The molecule has 0 unspecified atom stereocenters. The first kappa shape index (κ1) is 22.2. The monoisotopic (exact) mass is 461 g/mol. The minimum absolute atomic E-state index is 0.104. The van der Waals surface area contributed by atoms with Gasteiger partial charge in [0.2, 0.25) is 5.91 Å². The molecule has 33 heavy (non-hydrogen) atoms. The molecule has 0 saturated carbocycles. The van der Waals surface area contributed by atoms with Crippen LogP contribution in [0.2, 0.25) is 5.02 Å². The van der Waals surface area contributed by atoms with Gasteiger partial charge in [0.15, 0.2) is 0 Å². The molecule has 3 aromatic carbocycles. The summed E-state index contributed by atoms with van der Waals surface area (Å²) >= 11 is 5.86. The average Bonchev–Trinajstić information content (AvgIpc) is 3.06. The molecule has 7 nitrogen and oxygen atoms in total. The minimum atomic E-state index is -0.341. The number of benzene rings is 3. The number of hydrogen-bond donors (Lipinski definition) is 2. The van der Waals surface area contributed by atoms with Gasteiger partial charge in [0.25, 0.3) is 17.7 Å². The van der Waals surface area contributed by atoms with E-state index in [4.69, 9.17) is 11.6 Å². The Morgan fingerprint density at radius 1 is 0.758 bits per heavy atom. The molecule has 1 aliphatic rings. The highest BCUT2D eigenvalue weighted by atomic mass is 35.5. The van der Waals surface area contributed by atoms with Crippen LogP contribution < -0.4 is 10.6 Å². The lowest BCUT2D eigenvalue weighted by Crippen LogP contribution is -2.31. The second-order valence-corrected chi connectivity index (χ2v) is 7.90. The summed E-state index contributed by atoms with van der Waals surface area (Å²) in [4.78, 5) is 51.0. The highest BCUT2D eigenvalue weighted by Crippen LogP contribution is 2.24. The fraction of sp³-hybridized carbons (Fsp3) is 0.120. The third kappa shape index (κ3) is 4.94. The van der Waals surface area contributed by atoms with E-state index in [-0.39, 0.29) is 36.6 Å². The van der Waals surface area contributed by atoms with Crippen molar-refractivity contribution in [2.75, 3.05) is 17.2 Å². The van der Waals surface area contributed by atoms with Gasteiger partial charge in [-0.05, 0) is 55.0 Å². The van der Waals surface area contributed by atoms with Crippen molar-refractivity contribution < 1.29 is 19.2 Å². The Labute approximate surface area is 195 Å². The number of para-hydroxylation sites is 2. The van der Waals surface area contributed by atoms with Crippen molar-refractivity contribution in [3.8, 4) is 0 Å². The summed E-state index contributed by atoms with van der Waals surface area (Å²) < 4.78 is 0. The number of nitrogens with zero attached hydrogens (tertiary/aromatic N) is 1. The summed E-state index contributed by atoms with van der Waals surface area (Å²) in [7, 11) is 0. The van der Waals surface area contributed by atoms with Crippen LogP contribution in [0.3, 0.4) is 0 Å². The number of rotatable bonds is 7. The second kappa shape index (κ2) is 9.67. The Bertz CT molecular complexity index is 1210. The number of fused-ring (bicyclic) bond motifs is 1. The summed E-state index contributed by atoms with van der Waals surface area (Å²) in [6.07, 6.45) is 0.420. The van der Waals surface area contributed by atoms with Crippen molar-refractivity contribution in [2.24, 2.45) is 0 Å². The first-order chi connectivity index (χ1) is 15.9. The minimum Gasteiger partial charge on any atom is -0.324 e. The lowest BCUT2D eigenvalue weighted by atomic mass is 10.1. The molecule has 3 aromatic rings. The maximum atomic E-state index is 12.5. The van der Waals surface area contributed by atoms with E-state index in [1.807, 2.05) is 0 Å². The molecule has 0 spiro atoms. The van der Waals surface area contributed by atoms with Crippen LogP contribution in [0.5, 0.6) is 0 Å². The zero-order valence-corrected chi connectivity index (χ0v) is 18.3. The van der Waals surface area contributed by atoms with Gasteiger partial charge >= 0.3 is 0 Å². The van der Waals surface area contributed by atoms with Gasteiger partial charge in [-0.2, -0.15) is 0 Å². The standard InChI is InChI=1S/C25H20ClN3O4/c26-17-13-11-16(12-14-17)23(31)28-21-9-4-3-8-20(21)27-22(30)10-5-15-29-24(32)18-6-1-2-7-19(18)25(29)33/h1-4,6-9,11-14H,5,10,15H2,(H,27,30)(H,28,31). The van der Waals surface area contributed by atoms with Crippen LogP contribution in [-0.4, -0.2) is 35.1 Å². The predicted octanol–water partition coefficient (Wildman–Crippen LogP) is 4.61. The molecule has 0 atom stereocenters. The van der Waals surface area contributed by atoms with Crippen LogP contribution in [0.25, 0.3) is 0 Å². The molecule has 0 radical (unpaired) electrons. The first-order valence-electron chi connectivity index (χ1n) is 10.3. The van der Waals surface area contributed by atoms with E-state index in [2.05, 4.69) is 10.6 Å². The molecule has 0 saturated heterocycles. The van der Waals surface area contributed by atoms with Gasteiger partial charge < -0.3 is 10.6 Å². The zero-order chi connectivity index (χ0) is 23.4. The topological polar surface area (TPSA) is 95.6 Å². The highest BCUT2D eigenvalue weighted by Gasteiger charge is 2.34. The van der Waals surface area contributed by atoms with E-state index in [9.17, 15) is 19.2 Å². The molecule has 0 fully saturated rings. The quantitative estimate of drug-likeness (QED) is 0.502. The van der Waals surface area contributed by atoms with Gasteiger partial charge in [-0.3, -0.25) is 24.1 Å². The summed E-state index contributed by atoms with van der Waals surface area (Å²) in [5, 5.41) is 6.09. The van der Waals surface area contributed by atoms with Crippen LogP contribution in [0.15, 0.2) is 72.8 Å². The van der Waals surface area contributed by atoms with E-state index in [1.54, 1.807) is 72.8 Å². The summed E-state index contributed by atoms with van der Waals surface area (Å²) in [5.41, 5.74) is 2.10. The van der Waals surface area contributed by atoms with Gasteiger partial charge in [0.1, 0.15) is 0 Å². The van der Waals surface area contributed by atoms with Gasteiger partial charge in [0.05, 0.1) is 22.5 Å². The molecule has 4 amide bonds. The van der Waals surface area contributed by atoms with E-state index in [1.165, 1.54) is 0 Å². The van der Waals surface area contributed by atoms with E-state index in [0.717, 1.165) is 4.90 Å². The van der Waals surface area contributed by atoms with Crippen molar-refractivity contribution in [3.05, 3.63) is 94.5 Å². The maximum absolute atomic E-state index is 12.5. The van der Waals surface area contributed by atoms with Gasteiger partial charge in [0, 0.05) is 23.6 Å². The van der Waals surface area contributed by atoms with Crippen molar-refractivity contribution in [2.45, 2.75) is 12.8 Å². The lowest BCUT2D eigenvalue weighted by Gasteiger charge is -2.14. The van der Waals surface area contributed by atoms with Crippen molar-refractivity contribution in [1.82, 2.24) is 4.90 Å². The number of halogens is 1.